The summed E-state index contributed by atoms with van der Waals surface area (Å²) in [6, 6.07) is 14.6. The lowest BCUT2D eigenvalue weighted by Crippen LogP contribution is -2.08. The first-order chi connectivity index (χ1) is 10.3. The maximum absolute atomic E-state index is 13.6. The minimum absolute atomic E-state index is 0.174. The number of halogens is 1. The minimum Gasteiger partial charge on any atom is -0.396 e. The molecule has 3 nitrogen and oxygen atoms in total. The van der Waals surface area contributed by atoms with Crippen molar-refractivity contribution < 1.29 is 4.39 Å². The van der Waals surface area contributed by atoms with Gasteiger partial charge in [0.2, 0.25) is 0 Å². The zero-order valence-corrected chi connectivity index (χ0v) is 11.5. The molecule has 0 atom stereocenters. The maximum Gasteiger partial charge on any atom is 0.126 e. The van der Waals surface area contributed by atoms with Gasteiger partial charge in [-0.05, 0) is 24.1 Å². The number of pyridine rings is 1. The van der Waals surface area contributed by atoms with Gasteiger partial charge in [0.15, 0.2) is 0 Å². The number of aromatic nitrogens is 1. The molecule has 2 aromatic carbocycles. The van der Waals surface area contributed by atoms with E-state index in [2.05, 4.69) is 10.3 Å². The lowest BCUT2D eigenvalue weighted by molar-refractivity contribution is 0.610. The van der Waals surface area contributed by atoms with E-state index in [1.807, 2.05) is 30.3 Å². The molecule has 0 unspecified atom stereocenters. The van der Waals surface area contributed by atoms with E-state index in [1.165, 1.54) is 6.07 Å². The van der Waals surface area contributed by atoms with Crippen LogP contribution in [0.3, 0.4) is 0 Å². The van der Waals surface area contributed by atoms with Crippen molar-refractivity contribution in [3.05, 3.63) is 66.1 Å². The van der Waals surface area contributed by atoms with Gasteiger partial charge in [-0.2, -0.15) is 0 Å². The van der Waals surface area contributed by atoms with E-state index in [1.54, 1.807) is 18.3 Å². The summed E-state index contributed by atoms with van der Waals surface area (Å²) in [4.78, 5) is 4.30. The van der Waals surface area contributed by atoms with Gasteiger partial charge in [-0.3, -0.25) is 4.98 Å². The molecule has 0 saturated heterocycles. The van der Waals surface area contributed by atoms with Gasteiger partial charge in [0.1, 0.15) is 5.82 Å². The van der Waals surface area contributed by atoms with Crippen molar-refractivity contribution in [3.8, 4) is 0 Å². The van der Waals surface area contributed by atoms with E-state index in [0.29, 0.717) is 24.2 Å². The Bertz CT molecular complexity index is 771. The van der Waals surface area contributed by atoms with Crippen molar-refractivity contribution >= 4 is 22.3 Å². The fraction of sp³-hybridized carbons (Fsp3) is 0.118. The Labute approximate surface area is 122 Å². The van der Waals surface area contributed by atoms with Crippen LogP contribution in [-0.2, 0) is 6.42 Å². The Balaban J connectivity index is 1.79. The number of nitrogens with zero attached hydrogens (tertiary/aromatic N) is 1. The molecular weight excluding hydrogens is 265 g/mol. The normalized spacial score (nSPS) is 10.7. The highest BCUT2D eigenvalue weighted by Crippen LogP contribution is 2.27. The van der Waals surface area contributed by atoms with Crippen molar-refractivity contribution in [3.63, 3.8) is 0 Å². The standard InChI is InChI=1S/C17H16FN3/c18-14-7-3-1-5-12(14)9-10-20-17-13-6-2-4-8-16(13)21-11-15(17)19/h1-8,11H,9-10,19H2,(H,20,21). The summed E-state index contributed by atoms with van der Waals surface area (Å²) >= 11 is 0. The van der Waals surface area contributed by atoms with Crippen molar-refractivity contribution in [1.82, 2.24) is 4.98 Å². The van der Waals surface area contributed by atoms with Gasteiger partial charge < -0.3 is 11.1 Å². The second-order valence-electron chi connectivity index (χ2n) is 4.87. The van der Waals surface area contributed by atoms with Crippen LogP contribution in [0.4, 0.5) is 15.8 Å². The van der Waals surface area contributed by atoms with E-state index in [-0.39, 0.29) is 5.82 Å². The van der Waals surface area contributed by atoms with Crippen molar-refractivity contribution in [1.29, 1.82) is 0 Å². The number of nitrogens with two attached hydrogens (primary N) is 1. The molecule has 0 bridgehead atoms. The smallest absolute Gasteiger partial charge is 0.126 e. The molecule has 0 spiro atoms. The summed E-state index contributed by atoms with van der Waals surface area (Å²) in [6.45, 7) is 0.610. The predicted molar refractivity (Wildman–Crippen MR) is 84.7 cm³/mol. The fourth-order valence-corrected chi connectivity index (χ4v) is 2.38. The number of nitrogens with one attached hydrogen (secondary N) is 1. The van der Waals surface area contributed by atoms with E-state index >= 15 is 0 Å². The second kappa shape index (κ2) is 5.79. The molecule has 3 aromatic rings. The van der Waals surface area contributed by atoms with Crippen LogP contribution in [0.25, 0.3) is 10.9 Å². The van der Waals surface area contributed by atoms with Gasteiger partial charge in [0.05, 0.1) is 23.1 Å². The molecule has 1 aromatic heterocycles. The van der Waals surface area contributed by atoms with Gasteiger partial charge in [-0.1, -0.05) is 36.4 Å². The summed E-state index contributed by atoms with van der Waals surface area (Å²) < 4.78 is 13.6. The highest BCUT2D eigenvalue weighted by atomic mass is 19.1. The van der Waals surface area contributed by atoms with Crippen molar-refractivity contribution in [2.75, 3.05) is 17.6 Å². The molecule has 4 heteroatoms. The van der Waals surface area contributed by atoms with E-state index in [0.717, 1.165) is 16.6 Å². The molecule has 3 N–H and O–H groups in total. The second-order valence-corrected chi connectivity index (χ2v) is 4.87. The number of rotatable bonds is 4. The lowest BCUT2D eigenvalue weighted by atomic mass is 10.1. The number of hydrogen-bond acceptors (Lipinski definition) is 3. The zero-order valence-electron chi connectivity index (χ0n) is 11.5. The van der Waals surface area contributed by atoms with Crippen LogP contribution in [0.15, 0.2) is 54.7 Å². The number of nitrogen functional groups attached to an aromatic ring is 1. The van der Waals surface area contributed by atoms with E-state index in [4.69, 9.17) is 5.73 Å². The molecule has 106 valence electrons. The maximum atomic E-state index is 13.6. The number of fused-ring (bicyclic) bond motifs is 1. The van der Waals surface area contributed by atoms with Gasteiger partial charge in [-0.15, -0.1) is 0 Å². The third-order valence-electron chi connectivity index (χ3n) is 3.46. The van der Waals surface area contributed by atoms with Gasteiger partial charge >= 0.3 is 0 Å². The molecule has 0 saturated carbocycles. The highest BCUT2D eigenvalue weighted by Gasteiger charge is 2.06. The first-order valence-corrected chi connectivity index (χ1v) is 6.86. The van der Waals surface area contributed by atoms with Crippen molar-refractivity contribution in [2.45, 2.75) is 6.42 Å². The molecule has 0 fully saturated rings. The van der Waals surface area contributed by atoms with Crippen LogP contribution < -0.4 is 11.1 Å². The van der Waals surface area contributed by atoms with E-state index in [9.17, 15) is 4.39 Å². The Hall–Kier alpha value is -2.62. The summed E-state index contributed by atoms with van der Waals surface area (Å²) in [5.41, 5.74) is 9.04. The lowest BCUT2D eigenvalue weighted by Gasteiger charge is -2.12. The molecule has 1 heterocycles. The third-order valence-corrected chi connectivity index (χ3v) is 3.46. The topological polar surface area (TPSA) is 50.9 Å². The number of para-hydroxylation sites is 1. The largest absolute Gasteiger partial charge is 0.396 e. The molecule has 3 rings (SSSR count). The van der Waals surface area contributed by atoms with Crippen LogP contribution in [0.5, 0.6) is 0 Å². The first-order valence-electron chi connectivity index (χ1n) is 6.86. The molecule has 21 heavy (non-hydrogen) atoms. The third kappa shape index (κ3) is 2.79. The van der Waals surface area contributed by atoms with E-state index < -0.39 is 0 Å². The molecule has 0 aliphatic rings. The van der Waals surface area contributed by atoms with Crippen LogP contribution in [0, 0.1) is 5.82 Å². The average Bonchev–Trinajstić information content (AvgIpc) is 2.51. The Morgan fingerprint density at radius 2 is 1.81 bits per heavy atom. The molecule has 0 radical (unpaired) electrons. The van der Waals surface area contributed by atoms with Crippen LogP contribution in [0.1, 0.15) is 5.56 Å². The molecule has 0 aliphatic heterocycles. The summed E-state index contributed by atoms with van der Waals surface area (Å²) in [5, 5.41) is 4.28. The van der Waals surface area contributed by atoms with Gasteiger partial charge in [-0.25, -0.2) is 4.39 Å². The first kappa shape index (κ1) is 13.4. The number of benzene rings is 2. The monoisotopic (exact) mass is 281 g/mol. The number of anilines is 2. The highest BCUT2D eigenvalue weighted by molar-refractivity contribution is 5.96. The van der Waals surface area contributed by atoms with Crippen LogP contribution in [0.2, 0.25) is 0 Å². The fourth-order valence-electron chi connectivity index (χ4n) is 2.38. The summed E-state index contributed by atoms with van der Waals surface area (Å²) in [6.07, 6.45) is 2.25. The number of hydrogen-bond donors (Lipinski definition) is 2. The SMILES string of the molecule is Nc1cnc2ccccc2c1NCCc1ccccc1F. The zero-order chi connectivity index (χ0) is 14.7. The summed E-state index contributed by atoms with van der Waals surface area (Å²) in [5.74, 6) is -0.174. The Kier molecular flexibility index (Phi) is 3.69. The van der Waals surface area contributed by atoms with Crippen LogP contribution in [-0.4, -0.2) is 11.5 Å². The van der Waals surface area contributed by atoms with Gasteiger partial charge in [0, 0.05) is 11.9 Å². The Morgan fingerprint density at radius 1 is 1.05 bits per heavy atom. The molecule has 0 amide bonds. The van der Waals surface area contributed by atoms with Gasteiger partial charge in [0.25, 0.3) is 0 Å². The minimum atomic E-state index is -0.174. The quantitative estimate of drug-likeness (QED) is 0.768. The predicted octanol–water partition coefficient (Wildman–Crippen LogP) is 3.61. The summed E-state index contributed by atoms with van der Waals surface area (Å²) in [7, 11) is 0. The molecule has 0 aliphatic carbocycles. The Morgan fingerprint density at radius 3 is 2.67 bits per heavy atom. The molecular formula is C17H16FN3. The average molecular weight is 281 g/mol. The van der Waals surface area contributed by atoms with Crippen LogP contribution >= 0.6 is 0 Å². The van der Waals surface area contributed by atoms with Crippen molar-refractivity contribution in [2.24, 2.45) is 0 Å².